The van der Waals surface area contributed by atoms with Gasteiger partial charge in [-0.25, -0.2) is 4.79 Å². The molecule has 0 fully saturated rings. The molecule has 1 atom stereocenters. The highest BCUT2D eigenvalue weighted by Crippen LogP contribution is 2.33. The first-order valence-corrected chi connectivity index (χ1v) is 4.18. The van der Waals surface area contributed by atoms with Crippen LogP contribution >= 0.6 is 23.2 Å². The predicted molar refractivity (Wildman–Crippen MR) is 48.5 cm³/mol. The summed E-state index contributed by atoms with van der Waals surface area (Å²) in [6.45, 7) is 1.75. The van der Waals surface area contributed by atoms with Crippen LogP contribution in [0, 0.1) is 0 Å². The molecule has 0 aliphatic heterocycles. The Labute approximate surface area is 80.5 Å². The van der Waals surface area contributed by atoms with Gasteiger partial charge in [-0.05, 0) is 13.0 Å². The molecule has 0 saturated heterocycles. The SMILES string of the molecule is CC1(Cl)C=CC(Cl)=C(C(=O)O)C1. The van der Waals surface area contributed by atoms with Crippen molar-refractivity contribution in [3.05, 3.63) is 22.8 Å². The van der Waals surface area contributed by atoms with E-state index in [0.717, 1.165) is 0 Å². The number of carboxylic acid groups (broad SMARTS) is 1. The van der Waals surface area contributed by atoms with Crippen LogP contribution in [0.5, 0.6) is 0 Å². The largest absolute Gasteiger partial charge is 0.478 e. The molecule has 0 amide bonds. The van der Waals surface area contributed by atoms with Crippen molar-refractivity contribution in [2.75, 3.05) is 0 Å². The van der Waals surface area contributed by atoms with Gasteiger partial charge in [0.05, 0.1) is 15.5 Å². The maximum Gasteiger partial charge on any atom is 0.333 e. The second kappa shape index (κ2) is 3.11. The minimum Gasteiger partial charge on any atom is -0.478 e. The highest BCUT2D eigenvalue weighted by Gasteiger charge is 2.27. The lowest BCUT2D eigenvalue weighted by atomic mass is 9.95. The van der Waals surface area contributed by atoms with Crippen molar-refractivity contribution in [3.8, 4) is 0 Å². The molecular weight excluding hydrogens is 199 g/mol. The molecule has 0 saturated carbocycles. The Balaban J connectivity index is 2.99. The molecule has 1 aliphatic carbocycles. The second-order valence-electron chi connectivity index (χ2n) is 2.92. The van der Waals surface area contributed by atoms with Gasteiger partial charge in [0, 0.05) is 6.42 Å². The maximum atomic E-state index is 10.6. The molecule has 0 bridgehead atoms. The first-order chi connectivity index (χ1) is 5.42. The first kappa shape index (κ1) is 9.62. The number of carbonyl (C=O) groups is 1. The van der Waals surface area contributed by atoms with Crippen LogP contribution in [-0.4, -0.2) is 16.0 Å². The van der Waals surface area contributed by atoms with Crippen LogP contribution in [-0.2, 0) is 4.79 Å². The minimum absolute atomic E-state index is 0.177. The van der Waals surface area contributed by atoms with E-state index in [4.69, 9.17) is 28.3 Å². The number of halogens is 2. The molecule has 2 nitrogen and oxygen atoms in total. The molecule has 0 aromatic carbocycles. The lowest BCUT2D eigenvalue weighted by molar-refractivity contribution is -0.132. The number of carboxylic acids is 1. The zero-order valence-corrected chi connectivity index (χ0v) is 7.99. The third kappa shape index (κ3) is 2.02. The standard InChI is InChI=1S/C8H8Cl2O2/c1-8(10)3-2-6(9)5(4-8)7(11)12/h2-3H,4H2,1H3,(H,11,12). The fourth-order valence-electron chi connectivity index (χ4n) is 1.01. The molecule has 66 valence electrons. The van der Waals surface area contributed by atoms with Crippen molar-refractivity contribution in [2.45, 2.75) is 18.2 Å². The quantitative estimate of drug-likeness (QED) is 0.670. The van der Waals surface area contributed by atoms with Gasteiger partial charge in [-0.2, -0.15) is 0 Å². The fourth-order valence-corrected chi connectivity index (χ4v) is 1.42. The Morgan fingerprint density at radius 2 is 2.33 bits per heavy atom. The van der Waals surface area contributed by atoms with Gasteiger partial charge in [-0.15, -0.1) is 11.6 Å². The lowest BCUT2D eigenvalue weighted by Crippen LogP contribution is -2.20. The summed E-state index contributed by atoms with van der Waals surface area (Å²) in [5, 5.41) is 8.97. The van der Waals surface area contributed by atoms with E-state index in [1.54, 1.807) is 13.0 Å². The third-order valence-corrected chi connectivity index (χ3v) is 2.26. The fraction of sp³-hybridized carbons (Fsp3) is 0.375. The van der Waals surface area contributed by atoms with Crippen molar-refractivity contribution in [1.29, 1.82) is 0 Å². The van der Waals surface area contributed by atoms with E-state index >= 15 is 0 Å². The van der Waals surface area contributed by atoms with Gasteiger partial charge in [0.1, 0.15) is 0 Å². The highest BCUT2D eigenvalue weighted by molar-refractivity contribution is 6.34. The summed E-state index contributed by atoms with van der Waals surface area (Å²) >= 11 is 11.6. The van der Waals surface area contributed by atoms with Crippen LogP contribution < -0.4 is 0 Å². The van der Waals surface area contributed by atoms with Crippen LogP contribution in [0.4, 0.5) is 0 Å². The predicted octanol–water partition coefficient (Wildman–Crippen LogP) is 2.52. The first-order valence-electron chi connectivity index (χ1n) is 3.42. The summed E-state index contributed by atoms with van der Waals surface area (Å²) in [6, 6.07) is 0. The summed E-state index contributed by atoms with van der Waals surface area (Å²) in [5.74, 6) is -1.00. The molecule has 1 N–H and O–H groups in total. The Hall–Kier alpha value is -0.470. The van der Waals surface area contributed by atoms with E-state index < -0.39 is 10.8 Å². The van der Waals surface area contributed by atoms with Crippen molar-refractivity contribution in [1.82, 2.24) is 0 Å². The van der Waals surface area contributed by atoms with Crippen molar-refractivity contribution >= 4 is 29.2 Å². The van der Waals surface area contributed by atoms with E-state index in [0.29, 0.717) is 0 Å². The molecule has 4 heteroatoms. The van der Waals surface area contributed by atoms with Crippen LogP contribution in [0.15, 0.2) is 22.8 Å². The number of allylic oxidation sites excluding steroid dienone is 3. The van der Waals surface area contributed by atoms with Crippen molar-refractivity contribution < 1.29 is 9.90 Å². The van der Waals surface area contributed by atoms with Gasteiger partial charge in [-0.3, -0.25) is 0 Å². The summed E-state index contributed by atoms with van der Waals surface area (Å²) in [5.41, 5.74) is 0.177. The van der Waals surface area contributed by atoms with Crippen LogP contribution in [0.1, 0.15) is 13.3 Å². The topological polar surface area (TPSA) is 37.3 Å². The van der Waals surface area contributed by atoms with Gasteiger partial charge in [0.15, 0.2) is 0 Å². The Morgan fingerprint density at radius 3 is 2.75 bits per heavy atom. The maximum absolute atomic E-state index is 10.6. The smallest absolute Gasteiger partial charge is 0.333 e. The molecule has 0 aromatic rings. The molecule has 0 spiro atoms. The minimum atomic E-state index is -1.00. The zero-order valence-electron chi connectivity index (χ0n) is 6.47. The lowest BCUT2D eigenvalue weighted by Gasteiger charge is -2.21. The summed E-state index contributed by atoms with van der Waals surface area (Å²) in [6.07, 6.45) is 3.49. The summed E-state index contributed by atoms with van der Waals surface area (Å²) in [7, 11) is 0. The molecular formula is C8H8Cl2O2. The van der Waals surface area contributed by atoms with E-state index in [2.05, 4.69) is 0 Å². The average Bonchev–Trinajstić information content (AvgIpc) is 1.94. The Morgan fingerprint density at radius 1 is 1.75 bits per heavy atom. The number of alkyl halides is 1. The summed E-state index contributed by atoms with van der Waals surface area (Å²) < 4.78 is 0. The van der Waals surface area contributed by atoms with E-state index in [1.807, 2.05) is 0 Å². The molecule has 0 radical (unpaired) electrons. The van der Waals surface area contributed by atoms with E-state index in [1.165, 1.54) is 6.08 Å². The number of aliphatic carboxylic acids is 1. The third-order valence-electron chi connectivity index (χ3n) is 1.65. The summed E-state index contributed by atoms with van der Waals surface area (Å²) in [4.78, 5) is 10.00. The molecule has 1 aliphatic rings. The van der Waals surface area contributed by atoms with Gasteiger partial charge in [0.2, 0.25) is 0 Å². The van der Waals surface area contributed by atoms with Crippen molar-refractivity contribution in [2.24, 2.45) is 0 Å². The zero-order chi connectivity index (χ0) is 9.35. The van der Waals surface area contributed by atoms with Crippen LogP contribution in [0.2, 0.25) is 0 Å². The molecule has 1 rings (SSSR count). The number of hydrogen-bond donors (Lipinski definition) is 1. The van der Waals surface area contributed by atoms with Crippen LogP contribution in [0.3, 0.4) is 0 Å². The number of hydrogen-bond acceptors (Lipinski definition) is 1. The van der Waals surface area contributed by atoms with Gasteiger partial charge >= 0.3 is 5.97 Å². The molecule has 0 heterocycles. The molecule has 0 aromatic heterocycles. The van der Waals surface area contributed by atoms with Gasteiger partial charge in [-0.1, -0.05) is 17.7 Å². The monoisotopic (exact) mass is 206 g/mol. The normalized spacial score (nSPS) is 29.2. The highest BCUT2D eigenvalue weighted by atomic mass is 35.5. The van der Waals surface area contributed by atoms with Crippen molar-refractivity contribution in [3.63, 3.8) is 0 Å². The number of rotatable bonds is 1. The average molecular weight is 207 g/mol. The molecule has 1 unspecified atom stereocenters. The van der Waals surface area contributed by atoms with Gasteiger partial charge < -0.3 is 5.11 Å². The van der Waals surface area contributed by atoms with Gasteiger partial charge in [0.25, 0.3) is 0 Å². The van der Waals surface area contributed by atoms with E-state index in [9.17, 15) is 4.79 Å². The Bertz CT molecular complexity index is 277. The Kier molecular flexibility index (Phi) is 2.49. The van der Waals surface area contributed by atoms with E-state index in [-0.39, 0.29) is 17.0 Å². The molecule has 12 heavy (non-hydrogen) atoms. The van der Waals surface area contributed by atoms with Crippen LogP contribution in [0.25, 0.3) is 0 Å². The second-order valence-corrected chi connectivity index (χ2v) is 4.19.